The number of benzene rings is 2. The average Bonchev–Trinajstić information content (AvgIpc) is 2.12. The molecule has 0 saturated carbocycles. The third-order valence-corrected chi connectivity index (χ3v) is 2.44. The second-order valence-electron chi connectivity index (χ2n) is 2.98. The van der Waals surface area contributed by atoms with E-state index in [4.69, 9.17) is 11.5 Å². The molecule has 0 aliphatic heterocycles. The molecule has 0 heterocycles. The molecule has 0 aliphatic rings. The number of thiol groups is 1. The van der Waals surface area contributed by atoms with E-state index >= 15 is 0 Å². The van der Waals surface area contributed by atoms with Crippen LogP contribution in [0.15, 0.2) is 35.2 Å². The number of hydrogen-bond donors (Lipinski definition) is 3. The van der Waals surface area contributed by atoms with Gasteiger partial charge in [0.2, 0.25) is 0 Å². The summed E-state index contributed by atoms with van der Waals surface area (Å²) in [7, 11) is 0. The molecule has 66 valence electrons. The zero-order valence-corrected chi connectivity index (χ0v) is 7.88. The largest absolute Gasteiger partial charge is 0.399 e. The van der Waals surface area contributed by atoms with Gasteiger partial charge < -0.3 is 11.5 Å². The summed E-state index contributed by atoms with van der Waals surface area (Å²) in [6.45, 7) is 0. The highest BCUT2D eigenvalue weighted by Gasteiger charge is 2.01. The summed E-state index contributed by atoms with van der Waals surface area (Å²) in [5, 5.41) is 2.00. The third kappa shape index (κ3) is 1.31. The molecule has 4 N–H and O–H groups in total. The molecular weight excluding hydrogens is 180 g/mol. The van der Waals surface area contributed by atoms with Gasteiger partial charge in [0.15, 0.2) is 0 Å². The van der Waals surface area contributed by atoms with Gasteiger partial charge in [-0.15, -0.1) is 12.6 Å². The molecule has 0 amide bonds. The summed E-state index contributed by atoms with van der Waals surface area (Å²) in [6.07, 6.45) is 0. The Morgan fingerprint density at radius 2 is 1.69 bits per heavy atom. The second-order valence-corrected chi connectivity index (χ2v) is 3.46. The fourth-order valence-corrected chi connectivity index (χ4v) is 1.63. The molecule has 2 rings (SSSR count). The SMILES string of the molecule is Nc1ccc2c(N)ccc(S)c2c1. The summed E-state index contributed by atoms with van der Waals surface area (Å²) in [6, 6.07) is 9.36. The van der Waals surface area contributed by atoms with Crippen LogP contribution in [0.2, 0.25) is 0 Å². The van der Waals surface area contributed by atoms with E-state index in [1.807, 2.05) is 30.3 Å². The van der Waals surface area contributed by atoms with E-state index in [2.05, 4.69) is 12.6 Å². The van der Waals surface area contributed by atoms with Gasteiger partial charge in [0.25, 0.3) is 0 Å². The molecule has 0 saturated heterocycles. The zero-order chi connectivity index (χ0) is 9.42. The molecule has 0 aromatic heterocycles. The zero-order valence-electron chi connectivity index (χ0n) is 6.99. The third-order valence-electron chi connectivity index (χ3n) is 2.05. The summed E-state index contributed by atoms with van der Waals surface area (Å²) >= 11 is 4.33. The second kappa shape index (κ2) is 2.85. The van der Waals surface area contributed by atoms with Crippen molar-refractivity contribution in [2.75, 3.05) is 11.5 Å². The normalized spacial score (nSPS) is 10.5. The molecule has 0 fully saturated rings. The van der Waals surface area contributed by atoms with Crippen molar-refractivity contribution in [1.82, 2.24) is 0 Å². The van der Waals surface area contributed by atoms with Crippen LogP contribution >= 0.6 is 12.6 Å². The van der Waals surface area contributed by atoms with E-state index in [0.29, 0.717) is 0 Å². The Labute approximate surface area is 81.9 Å². The molecule has 0 radical (unpaired) electrons. The molecule has 0 aliphatic carbocycles. The van der Waals surface area contributed by atoms with E-state index in [9.17, 15) is 0 Å². The first-order valence-corrected chi connectivity index (χ1v) is 4.40. The van der Waals surface area contributed by atoms with Crippen LogP contribution in [0, 0.1) is 0 Å². The van der Waals surface area contributed by atoms with Gasteiger partial charge in [-0.3, -0.25) is 0 Å². The van der Waals surface area contributed by atoms with Crippen molar-refractivity contribution in [3.8, 4) is 0 Å². The van der Waals surface area contributed by atoms with Gasteiger partial charge in [0.05, 0.1) is 0 Å². The molecule has 0 bridgehead atoms. The van der Waals surface area contributed by atoms with Crippen LogP contribution < -0.4 is 11.5 Å². The standard InChI is InChI=1S/C10H10N2S/c11-6-1-2-7-8(5-6)10(13)4-3-9(7)12/h1-5,13H,11-12H2. The maximum Gasteiger partial charge on any atom is 0.0394 e. The maximum absolute atomic E-state index is 5.80. The molecule has 13 heavy (non-hydrogen) atoms. The maximum atomic E-state index is 5.80. The lowest BCUT2D eigenvalue weighted by atomic mass is 10.1. The molecule has 2 nitrogen and oxygen atoms in total. The first kappa shape index (κ1) is 8.26. The van der Waals surface area contributed by atoms with Crippen LogP contribution in [0.5, 0.6) is 0 Å². The smallest absolute Gasteiger partial charge is 0.0394 e. The minimum Gasteiger partial charge on any atom is -0.399 e. The number of nitrogen functional groups attached to an aromatic ring is 2. The van der Waals surface area contributed by atoms with Crippen LogP contribution in [0.1, 0.15) is 0 Å². The van der Waals surface area contributed by atoms with Crippen LogP contribution in [0.4, 0.5) is 11.4 Å². The monoisotopic (exact) mass is 190 g/mol. The number of fused-ring (bicyclic) bond motifs is 1. The van der Waals surface area contributed by atoms with E-state index < -0.39 is 0 Å². The Kier molecular flexibility index (Phi) is 1.81. The Hall–Kier alpha value is -1.35. The van der Waals surface area contributed by atoms with Gasteiger partial charge >= 0.3 is 0 Å². The van der Waals surface area contributed by atoms with Gasteiger partial charge in [-0.05, 0) is 29.7 Å². The highest BCUT2D eigenvalue weighted by atomic mass is 32.1. The minimum atomic E-state index is 0.730. The summed E-state index contributed by atoms with van der Waals surface area (Å²) in [5.41, 5.74) is 13.0. The Morgan fingerprint density at radius 1 is 0.923 bits per heavy atom. The molecule has 2 aromatic carbocycles. The average molecular weight is 190 g/mol. The predicted molar refractivity (Wildman–Crippen MR) is 60.0 cm³/mol. The quantitative estimate of drug-likeness (QED) is 0.441. The van der Waals surface area contributed by atoms with Gasteiger partial charge in [-0.2, -0.15) is 0 Å². The van der Waals surface area contributed by atoms with Crippen molar-refractivity contribution in [1.29, 1.82) is 0 Å². The van der Waals surface area contributed by atoms with Crippen molar-refractivity contribution in [2.24, 2.45) is 0 Å². The van der Waals surface area contributed by atoms with Crippen LogP contribution in [-0.2, 0) is 0 Å². The number of hydrogen-bond acceptors (Lipinski definition) is 3. The van der Waals surface area contributed by atoms with Crippen molar-refractivity contribution in [3.05, 3.63) is 30.3 Å². The number of anilines is 2. The lowest BCUT2D eigenvalue weighted by molar-refractivity contribution is 1.56. The van der Waals surface area contributed by atoms with Crippen LogP contribution in [0.3, 0.4) is 0 Å². The first-order valence-electron chi connectivity index (χ1n) is 3.95. The lowest BCUT2D eigenvalue weighted by Gasteiger charge is -2.05. The minimum absolute atomic E-state index is 0.730. The van der Waals surface area contributed by atoms with Gasteiger partial charge in [0.1, 0.15) is 0 Å². The number of nitrogens with two attached hydrogens (primary N) is 2. The molecular formula is C10H10N2S. The Morgan fingerprint density at radius 3 is 2.46 bits per heavy atom. The van der Waals surface area contributed by atoms with E-state index in [1.54, 1.807) is 0 Å². The molecule has 2 aromatic rings. The molecule has 0 spiro atoms. The van der Waals surface area contributed by atoms with E-state index in [0.717, 1.165) is 27.0 Å². The molecule has 0 unspecified atom stereocenters. The topological polar surface area (TPSA) is 52.0 Å². The molecule has 0 atom stereocenters. The fraction of sp³-hybridized carbons (Fsp3) is 0. The Balaban J connectivity index is 2.92. The van der Waals surface area contributed by atoms with Gasteiger partial charge in [-0.1, -0.05) is 6.07 Å². The van der Waals surface area contributed by atoms with Crippen molar-refractivity contribution in [3.63, 3.8) is 0 Å². The van der Waals surface area contributed by atoms with Gasteiger partial charge in [-0.25, -0.2) is 0 Å². The summed E-state index contributed by atoms with van der Waals surface area (Å²) in [4.78, 5) is 0.900. The van der Waals surface area contributed by atoms with E-state index in [-0.39, 0.29) is 0 Å². The lowest BCUT2D eigenvalue weighted by Crippen LogP contribution is -1.89. The highest BCUT2D eigenvalue weighted by molar-refractivity contribution is 7.80. The number of rotatable bonds is 0. The van der Waals surface area contributed by atoms with E-state index in [1.165, 1.54) is 0 Å². The molecule has 3 heteroatoms. The summed E-state index contributed by atoms with van der Waals surface area (Å²) in [5.74, 6) is 0. The van der Waals surface area contributed by atoms with Crippen molar-refractivity contribution < 1.29 is 0 Å². The Bertz CT molecular complexity index is 466. The summed E-state index contributed by atoms with van der Waals surface area (Å²) < 4.78 is 0. The predicted octanol–water partition coefficient (Wildman–Crippen LogP) is 2.29. The van der Waals surface area contributed by atoms with Crippen LogP contribution in [-0.4, -0.2) is 0 Å². The first-order chi connectivity index (χ1) is 6.18. The van der Waals surface area contributed by atoms with Gasteiger partial charge in [0, 0.05) is 21.7 Å². The van der Waals surface area contributed by atoms with Crippen molar-refractivity contribution >= 4 is 34.8 Å². The fourth-order valence-electron chi connectivity index (χ4n) is 1.37. The van der Waals surface area contributed by atoms with Crippen LogP contribution in [0.25, 0.3) is 10.8 Å². The highest BCUT2D eigenvalue weighted by Crippen LogP contribution is 2.28. The van der Waals surface area contributed by atoms with Crippen molar-refractivity contribution in [2.45, 2.75) is 4.90 Å².